The third-order valence-corrected chi connectivity index (χ3v) is 4.09. The predicted octanol–water partition coefficient (Wildman–Crippen LogP) is 3.41. The van der Waals surface area contributed by atoms with Crippen molar-refractivity contribution in [3.63, 3.8) is 0 Å². The quantitative estimate of drug-likeness (QED) is 0.906. The number of hydrogen-bond donors (Lipinski definition) is 1. The van der Waals surface area contributed by atoms with Crippen LogP contribution in [0, 0.1) is 0 Å². The monoisotopic (exact) mass is 273 g/mol. The van der Waals surface area contributed by atoms with Crippen LogP contribution < -0.4 is 4.90 Å². The summed E-state index contributed by atoms with van der Waals surface area (Å²) in [7, 11) is 2.09. The normalized spacial score (nSPS) is 15.4. The van der Waals surface area contributed by atoms with Crippen LogP contribution in [-0.4, -0.2) is 18.7 Å². The van der Waals surface area contributed by atoms with Crippen LogP contribution >= 0.6 is 11.6 Å². The molecule has 0 bridgehead atoms. The van der Waals surface area contributed by atoms with Crippen molar-refractivity contribution in [3.05, 3.63) is 64.2 Å². The van der Waals surface area contributed by atoms with Crippen LogP contribution in [0.3, 0.4) is 0 Å². The SMILES string of the molecule is CN1CCc2cc(C(O)c3ccccc3Cl)ccc21. The first-order valence-electron chi connectivity index (χ1n) is 6.43. The maximum absolute atomic E-state index is 10.5. The van der Waals surface area contributed by atoms with Crippen molar-refractivity contribution < 1.29 is 5.11 Å². The molecule has 1 aliphatic heterocycles. The summed E-state index contributed by atoms with van der Waals surface area (Å²) in [6, 6.07) is 13.6. The van der Waals surface area contributed by atoms with Crippen LogP contribution in [0.5, 0.6) is 0 Å². The molecule has 2 aromatic rings. The largest absolute Gasteiger partial charge is 0.384 e. The van der Waals surface area contributed by atoms with E-state index in [0.717, 1.165) is 24.1 Å². The van der Waals surface area contributed by atoms with Crippen molar-refractivity contribution >= 4 is 17.3 Å². The van der Waals surface area contributed by atoms with E-state index in [4.69, 9.17) is 11.6 Å². The van der Waals surface area contributed by atoms with Crippen molar-refractivity contribution in [2.75, 3.05) is 18.5 Å². The molecular weight excluding hydrogens is 258 g/mol. The standard InChI is InChI=1S/C16H16ClNO/c1-18-9-8-11-10-12(6-7-15(11)18)16(19)13-4-2-3-5-14(13)17/h2-7,10,16,19H,8-9H2,1H3. The number of hydrogen-bond acceptors (Lipinski definition) is 2. The summed E-state index contributed by atoms with van der Waals surface area (Å²) in [6.07, 6.45) is 0.374. The fourth-order valence-corrected chi connectivity index (χ4v) is 2.87. The van der Waals surface area contributed by atoms with E-state index >= 15 is 0 Å². The average Bonchev–Trinajstić information content (AvgIpc) is 2.80. The topological polar surface area (TPSA) is 23.5 Å². The highest BCUT2D eigenvalue weighted by Crippen LogP contribution is 2.33. The third-order valence-electron chi connectivity index (χ3n) is 3.75. The van der Waals surface area contributed by atoms with Gasteiger partial charge in [0.2, 0.25) is 0 Å². The van der Waals surface area contributed by atoms with Crippen molar-refractivity contribution in [2.45, 2.75) is 12.5 Å². The molecular formula is C16H16ClNO. The second kappa shape index (κ2) is 4.87. The fourth-order valence-electron chi connectivity index (χ4n) is 2.63. The van der Waals surface area contributed by atoms with Gasteiger partial charge in [-0.05, 0) is 29.7 Å². The van der Waals surface area contributed by atoms with Crippen LogP contribution in [0.15, 0.2) is 42.5 Å². The Morgan fingerprint density at radius 1 is 1.21 bits per heavy atom. The van der Waals surface area contributed by atoms with E-state index in [1.165, 1.54) is 11.3 Å². The van der Waals surface area contributed by atoms with E-state index in [9.17, 15) is 5.11 Å². The van der Waals surface area contributed by atoms with E-state index in [0.29, 0.717) is 5.02 Å². The van der Waals surface area contributed by atoms with Gasteiger partial charge in [0.25, 0.3) is 0 Å². The smallest absolute Gasteiger partial charge is 0.105 e. The van der Waals surface area contributed by atoms with Gasteiger partial charge in [-0.1, -0.05) is 41.9 Å². The summed E-state index contributed by atoms with van der Waals surface area (Å²) >= 11 is 6.14. The second-order valence-corrected chi connectivity index (χ2v) is 5.39. The zero-order valence-corrected chi connectivity index (χ0v) is 11.6. The molecule has 0 aliphatic carbocycles. The molecule has 1 heterocycles. The summed E-state index contributed by atoms with van der Waals surface area (Å²) < 4.78 is 0. The van der Waals surface area contributed by atoms with Gasteiger partial charge in [-0.15, -0.1) is 0 Å². The lowest BCUT2D eigenvalue weighted by molar-refractivity contribution is 0.220. The molecule has 98 valence electrons. The summed E-state index contributed by atoms with van der Waals surface area (Å²) in [6.45, 7) is 1.04. The number of halogens is 1. The minimum absolute atomic E-state index is 0.604. The molecule has 0 saturated heterocycles. The molecule has 0 saturated carbocycles. The van der Waals surface area contributed by atoms with Crippen LogP contribution in [0.2, 0.25) is 5.02 Å². The molecule has 0 amide bonds. The maximum Gasteiger partial charge on any atom is 0.105 e. The lowest BCUT2D eigenvalue weighted by atomic mass is 9.99. The van der Waals surface area contributed by atoms with E-state index in [1.807, 2.05) is 24.3 Å². The van der Waals surface area contributed by atoms with Crippen molar-refractivity contribution in [1.82, 2.24) is 0 Å². The second-order valence-electron chi connectivity index (χ2n) is 4.98. The van der Waals surface area contributed by atoms with Gasteiger partial charge in [-0.25, -0.2) is 0 Å². The Hall–Kier alpha value is -1.51. The van der Waals surface area contributed by atoms with Gasteiger partial charge in [0.15, 0.2) is 0 Å². The molecule has 3 rings (SSSR count). The van der Waals surface area contributed by atoms with E-state index in [1.54, 1.807) is 6.07 Å². The Labute approximate surface area is 118 Å². The minimum atomic E-state index is -0.662. The van der Waals surface area contributed by atoms with Gasteiger partial charge < -0.3 is 10.0 Å². The molecule has 0 fully saturated rings. The number of nitrogens with zero attached hydrogens (tertiary/aromatic N) is 1. The van der Waals surface area contributed by atoms with Gasteiger partial charge in [0, 0.05) is 29.9 Å². The molecule has 0 spiro atoms. The molecule has 2 aromatic carbocycles. The van der Waals surface area contributed by atoms with Crippen LogP contribution in [-0.2, 0) is 6.42 Å². The molecule has 19 heavy (non-hydrogen) atoms. The molecule has 0 radical (unpaired) electrons. The molecule has 0 aromatic heterocycles. The lowest BCUT2D eigenvalue weighted by Gasteiger charge is -2.16. The van der Waals surface area contributed by atoms with E-state index in [2.05, 4.69) is 24.1 Å². The highest BCUT2D eigenvalue weighted by Gasteiger charge is 2.19. The number of benzene rings is 2. The average molecular weight is 274 g/mol. The Kier molecular flexibility index (Phi) is 3.21. The van der Waals surface area contributed by atoms with Crippen LogP contribution in [0.25, 0.3) is 0 Å². The molecule has 1 aliphatic rings. The third kappa shape index (κ3) is 2.22. The number of fused-ring (bicyclic) bond motifs is 1. The summed E-state index contributed by atoms with van der Waals surface area (Å²) in [5.41, 5.74) is 4.22. The van der Waals surface area contributed by atoms with E-state index in [-0.39, 0.29) is 0 Å². The zero-order chi connectivity index (χ0) is 13.4. The maximum atomic E-state index is 10.5. The summed E-state index contributed by atoms with van der Waals surface area (Å²) in [5, 5.41) is 11.1. The highest BCUT2D eigenvalue weighted by atomic mass is 35.5. The summed E-state index contributed by atoms with van der Waals surface area (Å²) in [4.78, 5) is 2.24. The van der Waals surface area contributed by atoms with Gasteiger partial charge in [0.1, 0.15) is 6.10 Å². The molecule has 1 atom stereocenters. The molecule has 1 unspecified atom stereocenters. The number of aliphatic hydroxyl groups excluding tert-OH is 1. The predicted molar refractivity (Wildman–Crippen MR) is 78.9 cm³/mol. The van der Waals surface area contributed by atoms with Crippen LogP contribution in [0.4, 0.5) is 5.69 Å². The zero-order valence-electron chi connectivity index (χ0n) is 10.8. The molecule has 3 heteroatoms. The Morgan fingerprint density at radius 2 is 2.00 bits per heavy atom. The fraction of sp³-hybridized carbons (Fsp3) is 0.250. The number of likely N-dealkylation sites (N-methyl/N-ethyl adjacent to an activating group) is 1. The Balaban J connectivity index is 1.97. The first-order chi connectivity index (χ1) is 9.16. The molecule has 2 nitrogen and oxygen atoms in total. The van der Waals surface area contributed by atoms with Crippen molar-refractivity contribution in [2.24, 2.45) is 0 Å². The molecule has 1 N–H and O–H groups in total. The Bertz CT molecular complexity index is 611. The Morgan fingerprint density at radius 3 is 2.79 bits per heavy atom. The van der Waals surface area contributed by atoms with Gasteiger partial charge in [0.05, 0.1) is 0 Å². The van der Waals surface area contributed by atoms with Gasteiger partial charge in [-0.2, -0.15) is 0 Å². The first-order valence-corrected chi connectivity index (χ1v) is 6.81. The number of rotatable bonds is 2. The van der Waals surface area contributed by atoms with E-state index < -0.39 is 6.10 Å². The number of aliphatic hydroxyl groups is 1. The van der Waals surface area contributed by atoms with Gasteiger partial charge in [-0.3, -0.25) is 0 Å². The van der Waals surface area contributed by atoms with Crippen molar-refractivity contribution in [3.8, 4) is 0 Å². The minimum Gasteiger partial charge on any atom is -0.384 e. The number of anilines is 1. The van der Waals surface area contributed by atoms with Crippen molar-refractivity contribution in [1.29, 1.82) is 0 Å². The van der Waals surface area contributed by atoms with Gasteiger partial charge >= 0.3 is 0 Å². The first kappa shape index (κ1) is 12.5. The summed E-state index contributed by atoms with van der Waals surface area (Å²) in [5.74, 6) is 0. The van der Waals surface area contributed by atoms with Crippen LogP contribution in [0.1, 0.15) is 22.8 Å². The highest BCUT2D eigenvalue weighted by molar-refractivity contribution is 6.31. The lowest BCUT2D eigenvalue weighted by Crippen LogP contribution is -2.12.